The minimum Gasteiger partial charge on any atom is -0.354 e. The van der Waals surface area contributed by atoms with Crippen molar-refractivity contribution in [3.05, 3.63) is 28.8 Å². The van der Waals surface area contributed by atoms with Crippen LogP contribution in [0, 0.1) is 6.92 Å². The van der Waals surface area contributed by atoms with Gasteiger partial charge in [-0.2, -0.15) is 0 Å². The van der Waals surface area contributed by atoms with Crippen LogP contribution < -0.4 is 10.6 Å². The average Bonchev–Trinajstić information content (AvgIpc) is 2.86. The standard InChI is InChI=1S/C14H19N3/c1-10-6-7-13(17-14-15-8-9-16-14)12-5-3-2-4-11(10)12/h6-7H,2-5,8-9H2,1H3,(H2,15,16,17). The summed E-state index contributed by atoms with van der Waals surface area (Å²) in [6.45, 7) is 4.06. The molecule has 0 radical (unpaired) electrons. The molecule has 0 aromatic heterocycles. The number of nitrogens with one attached hydrogen (secondary N) is 2. The molecule has 17 heavy (non-hydrogen) atoms. The molecule has 0 saturated carbocycles. The van der Waals surface area contributed by atoms with Crippen molar-refractivity contribution in [2.45, 2.75) is 32.6 Å². The zero-order chi connectivity index (χ0) is 11.7. The SMILES string of the molecule is Cc1ccc(NC2=NCCN2)c2c1CCCC2. The molecule has 0 saturated heterocycles. The summed E-state index contributed by atoms with van der Waals surface area (Å²) in [5, 5.41) is 6.70. The van der Waals surface area contributed by atoms with Crippen molar-refractivity contribution in [2.75, 3.05) is 18.4 Å². The van der Waals surface area contributed by atoms with Crippen LogP contribution in [-0.2, 0) is 12.8 Å². The number of hydrogen-bond acceptors (Lipinski definition) is 3. The maximum Gasteiger partial charge on any atom is 0.195 e. The van der Waals surface area contributed by atoms with E-state index in [4.69, 9.17) is 0 Å². The molecule has 1 aliphatic carbocycles. The molecule has 3 rings (SSSR count). The van der Waals surface area contributed by atoms with Gasteiger partial charge in [-0.25, -0.2) is 0 Å². The number of anilines is 1. The summed E-state index contributed by atoms with van der Waals surface area (Å²) >= 11 is 0. The number of nitrogens with zero attached hydrogens (tertiary/aromatic N) is 1. The smallest absolute Gasteiger partial charge is 0.195 e. The maximum atomic E-state index is 4.40. The van der Waals surface area contributed by atoms with Gasteiger partial charge in [0, 0.05) is 12.2 Å². The Bertz CT molecular complexity index is 463. The van der Waals surface area contributed by atoms with Gasteiger partial charge in [0.2, 0.25) is 0 Å². The zero-order valence-electron chi connectivity index (χ0n) is 10.3. The summed E-state index contributed by atoms with van der Waals surface area (Å²) in [6.07, 6.45) is 5.07. The van der Waals surface area contributed by atoms with Crippen LogP contribution in [0.4, 0.5) is 5.69 Å². The molecule has 2 N–H and O–H groups in total. The van der Waals surface area contributed by atoms with Gasteiger partial charge in [-0.1, -0.05) is 6.07 Å². The van der Waals surface area contributed by atoms with Gasteiger partial charge in [-0.15, -0.1) is 0 Å². The summed E-state index contributed by atoms with van der Waals surface area (Å²) in [5.74, 6) is 0.932. The van der Waals surface area contributed by atoms with Gasteiger partial charge in [0.15, 0.2) is 5.96 Å². The number of hydrogen-bond donors (Lipinski definition) is 2. The van der Waals surface area contributed by atoms with Crippen LogP contribution in [0.3, 0.4) is 0 Å². The summed E-state index contributed by atoms with van der Waals surface area (Å²) in [7, 11) is 0. The Labute approximate surface area is 102 Å². The van der Waals surface area contributed by atoms with Crippen molar-refractivity contribution in [1.29, 1.82) is 0 Å². The first-order chi connectivity index (χ1) is 8.34. The van der Waals surface area contributed by atoms with Gasteiger partial charge < -0.3 is 10.6 Å². The van der Waals surface area contributed by atoms with Gasteiger partial charge in [-0.05, 0) is 55.4 Å². The molecule has 2 aliphatic rings. The molecular formula is C14H19N3. The Morgan fingerprint density at radius 3 is 2.76 bits per heavy atom. The lowest BCUT2D eigenvalue weighted by atomic mass is 9.87. The minimum absolute atomic E-state index is 0.885. The van der Waals surface area contributed by atoms with E-state index in [1.165, 1.54) is 42.5 Å². The van der Waals surface area contributed by atoms with E-state index in [0.717, 1.165) is 19.0 Å². The molecule has 0 atom stereocenters. The fourth-order valence-corrected chi connectivity index (χ4v) is 2.77. The molecule has 1 aromatic rings. The highest BCUT2D eigenvalue weighted by molar-refractivity contribution is 5.95. The van der Waals surface area contributed by atoms with Gasteiger partial charge >= 0.3 is 0 Å². The summed E-state index contributed by atoms with van der Waals surface area (Å²) in [6, 6.07) is 4.42. The molecule has 1 aliphatic heterocycles. The highest BCUT2D eigenvalue weighted by atomic mass is 15.2. The summed E-state index contributed by atoms with van der Waals surface area (Å²) < 4.78 is 0. The second-order valence-corrected chi connectivity index (χ2v) is 4.88. The molecule has 0 fully saturated rings. The molecule has 0 amide bonds. The second kappa shape index (κ2) is 4.40. The van der Waals surface area contributed by atoms with E-state index in [2.05, 4.69) is 34.7 Å². The lowest BCUT2D eigenvalue weighted by molar-refractivity contribution is 0.683. The Balaban J connectivity index is 1.93. The van der Waals surface area contributed by atoms with E-state index in [0.29, 0.717) is 0 Å². The first-order valence-corrected chi connectivity index (χ1v) is 6.51. The van der Waals surface area contributed by atoms with Gasteiger partial charge in [0.25, 0.3) is 0 Å². The van der Waals surface area contributed by atoms with E-state index in [9.17, 15) is 0 Å². The van der Waals surface area contributed by atoms with Crippen LogP contribution in [0.1, 0.15) is 29.5 Å². The fourth-order valence-electron chi connectivity index (χ4n) is 2.77. The Morgan fingerprint density at radius 2 is 2.00 bits per heavy atom. The van der Waals surface area contributed by atoms with E-state index < -0.39 is 0 Å². The number of rotatable bonds is 1. The summed E-state index contributed by atoms with van der Waals surface area (Å²) in [4.78, 5) is 4.40. The van der Waals surface area contributed by atoms with E-state index in [-0.39, 0.29) is 0 Å². The van der Waals surface area contributed by atoms with Gasteiger partial charge in [0.1, 0.15) is 0 Å². The number of benzene rings is 1. The number of aliphatic imine (C=N–C) groups is 1. The predicted molar refractivity (Wildman–Crippen MR) is 71.7 cm³/mol. The van der Waals surface area contributed by atoms with Crippen LogP contribution >= 0.6 is 0 Å². The lowest BCUT2D eigenvalue weighted by Gasteiger charge is -2.22. The molecule has 90 valence electrons. The third-order valence-electron chi connectivity index (χ3n) is 3.70. The second-order valence-electron chi connectivity index (χ2n) is 4.88. The molecule has 3 heteroatoms. The van der Waals surface area contributed by atoms with E-state index in [1.807, 2.05) is 0 Å². The number of aryl methyl sites for hydroxylation is 1. The fraction of sp³-hybridized carbons (Fsp3) is 0.500. The third kappa shape index (κ3) is 2.02. The van der Waals surface area contributed by atoms with E-state index in [1.54, 1.807) is 5.56 Å². The number of fused-ring (bicyclic) bond motifs is 1. The van der Waals surface area contributed by atoms with Crippen LogP contribution in [0.25, 0.3) is 0 Å². The molecule has 1 aromatic carbocycles. The zero-order valence-corrected chi connectivity index (χ0v) is 10.3. The topological polar surface area (TPSA) is 36.4 Å². The first kappa shape index (κ1) is 10.6. The predicted octanol–water partition coefficient (Wildman–Crippen LogP) is 2.24. The maximum absolute atomic E-state index is 4.40. The highest BCUT2D eigenvalue weighted by Gasteiger charge is 2.16. The molecule has 3 nitrogen and oxygen atoms in total. The van der Waals surface area contributed by atoms with Crippen molar-refractivity contribution in [2.24, 2.45) is 4.99 Å². The van der Waals surface area contributed by atoms with Crippen molar-refractivity contribution in [3.8, 4) is 0 Å². The van der Waals surface area contributed by atoms with Crippen LogP contribution in [-0.4, -0.2) is 19.0 Å². The Kier molecular flexibility index (Phi) is 2.75. The lowest BCUT2D eigenvalue weighted by Crippen LogP contribution is -2.27. The van der Waals surface area contributed by atoms with Crippen LogP contribution in [0.15, 0.2) is 17.1 Å². The largest absolute Gasteiger partial charge is 0.354 e. The minimum atomic E-state index is 0.885. The highest BCUT2D eigenvalue weighted by Crippen LogP contribution is 2.30. The first-order valence-electron chi connectivity index (χ1n) is 6.51. The van der Waals surface area contributed by atoms with Crippen molar-refractivity contribution >= 4 is 11.6 Å². The van der Waals surface area contributed by atoms with Gasteiger partial charge in [-0.3, -0.25) is 4.99 Å². The van der Waals surface area contributed by atoms with Crippen molar-refractivity contribution in [3.63, 3.8) is 0 Å². The van der Waals surface area contributed by atoms with Gasteiger partial charge in [0.05, 0.1) is 6.54 Å². The van der Waals surface area contributed by atoms with Crippen LogP contribution in [0.5, 0.6) is 0 Å². The van der Waals surface area contributed by atoms with Crippen molar-refractivity contribution < 1.29 is 0 Å². The molecule has 0 unspecified atom stereocenters. The average molecular weight is 229 g/mol. The molecule has 0 bridgehead atoms. The normalized spacial score (nSPS) is 18.3. The molecule has 1 heterocycles. The van der Waals surface area contributed by atoms with Crippen molar-refractivity contribution in [1.82, 2.24) is 5.32 Å². The quantitative estimate of drug-likeness (QED) is 0.775. The Morgan fingerprint density at radius 1 is 1.18 bits per heavy atom. The Hall–Kier alpha value is -1.51. The molecular weight excluding hydrogens is 210 g/mol. The number of guanidine groups is 1. The van der Waals surface area contributed by atoms with Crippen LogP contribution in [0.2, 0.25) is 0 Å². The third-order valence-corrected chi connectivity index (χ3v) is 3.70. The van der Waals surface area contributed by atoms with E-state index >= 15 is 0 Å². The monoisotopic (exact) mass is 229 g/mol. The molecule has 0 spiro atoms. The summed E-state index contributed by atoms with van der Waals surface area (Å²) in [5.41, 5.74) is 5.75.